The number of carbonyl (C=O) groups is 1. The fraction of sp³-hybridized carbons (Fsp3) is 0.444. The van der Waals surface area contributed by atoms with Gasteiger partial charge in [0, 0.05) is 11.0 Å². The summed E-state index contributed by atoms with van der Waals surface area (Å²) < 4.78 is 5.11. The first kappa shape index (κ1) is 5.58. The first-order valence-electron chi connectivity index (χ1n) is 3.93. The highest BCUT2D eigenvalue weighted by molar-refractivity contribution is 6.04. The highest BCUT2D eigenvalue weighted by Crippen LogP contribution is 2.55. The molecule has 0 bridgehead atoms. The Morgan fingerprint density at radius 3 is 2.91 bits per heavy atom. The van der Waals surface area contributed by atoms with E-state index in [1.807, 2.05) is 6.07 Å². The van der Waals surface area contributed by atoms with E-state index in [1.165, 1.54) is 0 Å². The molecule has 1 saturated carbocycles. The first-order chi connectivity index (χ1) is 5.32. The fourth-order valence-corrected chi connectivity index (χ4v) is 1.91. The molecule has 0 unspecified atom stereocenters. The lowest BCUT2D eigenvalue weighted by Crippen LogP contribution is -2.08. The predicted molar refractivity (Wildman–Crippen MR) is 38.4 cm³/mol. The summed E-state index contributed by atoms with van der Waals surface area (Å²) in [7, 11) is 0. The molecule has 0 radical (unpaired) electrons. The van der Waals surface area contributed by atoms with E-state index in [0.29, 0.717) is 5.76 Å². The number of hydrogen-bond donors (Lipinski definition) is 0. The highest BCUT2D eigenvalue weighted by atomic mass is 16.3. The van der Waals surface area contributed by atoms with E-state index in [2.05, 4.69) is 0 Å². The molecule has 1 aromatic rings. The van der Waals surface area contributed by atoms with Gasteiger partial charge < -0.3 is 4.42 Å². The van der Waals surface area contributed by atoms with Crippen LogP contribution in [0.4, 0.5) is 0 Å². The van der Waals surface area contributed by atoms with Crippen molar-refractivity contribution in [3.8, 4) is 0 Å². The Balaban J connectivity index is 2.19. The molecule has 1 fully saturated rings. The van der Waals surface area contributed by atoms with E-state index >= 15 is 0 Å². The molecule has 0 saturated heterocycles. The van der Waals surface area contributed by atoms with Crippen molar-refractivity contribution >= 4 is 5.78 Å². The van der Waals surface area contributed by atoms with Gasteiger partial charge in [0.1, 0.15) is 0 Å². The topological polar surface area (TPSA) is 30.2 Å². The third-order valence-electron chi connectivity index (χ3n) is 2.82. The van der Waals surface area contributed by atoms with Crippen molar-refractivity contribution in [2.45, 2.75) is 19.3 Å². The lowest BCUT2D eigenvalue weighted by atomic mass is 10.0. The Morgan fingerprint density at radius 2 is 2.27 bits per heavy atom. The number of rotatable bonds is 0. The molecule has 11 heavy (non-hydrogen) atoms. The second kappa shape index (κ2) is 1.42. The van der Waals surface area contributed by atoms with Gasteiger partial charge in [0.2, 0.25) is 5.78 Å². The van der Waals surface area contributed by atoms with Crippen LogP contribution in [0.3, 0.4) is 0 Å². The number of Topliss-reactive ketones (excluding diaryl/α,β-unsaturated/α-hetero) is 1. The van der Waals surface area contributed by atoms with Gasteiger partial charge in [-0.1, -0.05) is 0 Å². The molecule has 0 amide bonds. The molecule has 2 aliphatic rings. The summed E-state index contributed by atoms with van der Waals surface area (Å²) in [5, 5.41) is 0. The molecule has 1 aromatic heterocycles. The lowest BCUT2D eigenvalue weighted by molar-refractivity contribution is 0.0894. The van der Waals surface area contributed by atoms with Crippen molar-refractivity contribution in [2.24, 2.45) is 5.41 Å². The quantitative estimate of drug-likeness (QED) is 0.561. The largest absolute Gasteiger partial charge is 0.461 e. The van der Waals surface area contributed by atoms with E-state index in [9.17, 15) is 4.79 Å². The summed E-state index contributed by atoms with van der Waals surface area (Å²) in [6.45, 7) is 0. The van der Waals surface area contributed by atoms with Crippen LogP contribution >= 0.6 is 0 Å². The van der Waals surface area contributed by atoms with Gasteiger partial charge in [-0.3, -0.25) is 4.79 Å². The van der Waals surface area contributed by atoms with Crippen molar-refractivity contribution < 1.29 is 9.21 Å². The maximum Gasteiger partial charge on any atom is 0.204 e. The van der Waals surface area contributed by atoms with E-state index in [4.69, 9.17) is 4.42 Å². The summed E-state index contributed by atoms with van der Waals surface area (Å²) in [6.07, 6.45) is 4.67. The predicted octanol–water partition coefficient (Wildman–Crippen LogP) is 1.80. The Morgan fingerprint density at radius 1 is 1.45 bits per heavy atom. The van der Waals surface area contributed by atoms with Crippen molar-refractivity contribution in [1.82, 2.24) is 0 Å². The van der Waals surface area contributed by atoms with Crippen LogP contribution in [0.15, 0.2) is 16.7 Å². The average Bonchev–Trinajstić information content (AvgIpc) is 2.53. The molecule has 0 aliphatic heterocycles. The Kier molecular flexibility index (Phi) is 0.721. The van der Waals surface area contributed by atoms with Crippen LogP contribution in [0.5, 0.6) is 0 Å². The SMILES string of the molecule is O=C1c2occc2CC12CC2. The van der Waals surface area contributed by atoms with Crippen LogP contribution < -0.4 is 0 Å². The van der Waals surface area contributed by atoms with Gasteiger partial charge in [0.15, 0.2) is 5.76 Å². The van der Waals surface area contributed by atoms with Crippen molar-refractivity contribution in [3.05, 3.63) is 23.7 Å². The van der Waals surface area contributed by atoms with Gasteiger partial charge in [-0.2, -0.15) is 0 Å². The summed E-state index contributed by atoms with van der Waals surface area (Å²) in [4.78, 5) is 11.5. The summed E-state index contributed by atoms with van der Waals surface area (Å²) in [5.41, 5.74) is 1.13. The zero-order valence-electron chi connectivity index (χ0n) is 6.09. The molecule has 0 N–H and O–H groups in total. The Hall–Kier alpha value is -1.05. The monoisotopic (exact) mass is 148 g/mol. The minimum atomic E-state index is 0.00935. The number of fused-ring (bicyclic) bond motifs is 1. The van der Waals surface area contributed by atoms with Gasteiger partial charge >= 0.3 is 0 Å². The standard InChI is InChI=1S/C9H8O2/c10-8-7-6(1-4-11-7)5-9(8)2-3-9/h1,4H,2-3,5H2. The third kappa shape index (κ3) is 0.516. The van der Waals surface area contributed by atoms with Gasteiger partial charge in [-0.15, -0.1) is 0 Å². The summed E-state index contributed by atoms with van der Waals surface area (Å²) in [5.74, 6) is 0.875. The molecule has 1 spiro atoms. The van der Waals surface area contributed by atoms with Gasteiger partial charge in [0.05, 0.1) is 6.26 Å². The Bertz CT molecular complexity index is 331. The second-order valence-electron chi connectivity index (χ2n) is 3.56. The van der Waals surface area contributed by atoms with E-state index < -0.39 is 0 Å². The lowest BCUT2D eigenvalue weighted by Gasteiger charge is -1.98. The zero-order chi connectivity index (χ0) is 7.47. The maximum absolute atomic E-state index is 11.5. The number of carbonyl (C=O) groups excluding carboxylic acids is 1. The molecule has 2 nitrogen and oxygen atoms in total. The van der Waals surface area contributed by atoms with E-state index in [-0.39, 0.29) is 11.2 Å². The molecule has 56 valence electrons. The maximum atomic E-state index is 11.5. The number of hydrogen-bond acceptors (Lipinski definition) is 2. The normalized spacial score (nSPS) is 24.2. The van der Waals surface area contributed by atoms with E-state index in [1.54, 1.807) is 6.26 Å². The highest BCUT2D eigenvalue weighted by Gasteiger charge is 2.55. The average molecular weight is 148 g/mol. The van der Waals surface area contributed by atoms with Crippen LogP contribution in [-0.2, 0) is 6.42 Å². The molecule has 3 rings (SSSR count). The van der Waals surface area contributed by atoms with Crippen LogP contribution in [0.25, 0.3) is 0 Å². The van der Waals surface area contributed by atoms with Crippen LogP contribution in [0.2, 0.25) is 0 Å². The van der Waals surface area contributed by atoms with E-state index in [0.717, 1.165) is 24.8 Å². The first-order valence-corrected chi connectivity index (χ1v) is 3.93. The van der Waals surface area contributed by atoms with Gasteiger partial charge in [0.25, 0.3) is 0 Å². The number of ketones is 1. The molecule has 0 aromatic carbocycles. The summed E-state index contributed by atoms with van der Waals surface area (Å²) >= 11 is 0. The minimum Gasteiger partial charge on any atom is -0.461 e. The number of furan rings is 1. The molecule has 0 atom stereocenters. The smallest absolute Gasteiger partial charge is 0.204 e. The molecular weight excluding hydrogens is 140 g/mol. The van der Waals surface area contributed by atoms with Crippen molar-refractivity contribution in [3.63, 3.8) is 0 Å². The van der Waals surface area contributed by atoms with Crippen molar-refractivity contribution in [2.75, 3.05) is 0 Å². The van der Waals surface area contributed by atoms with Crippen molar-refractivity contribution in [1.29, 1.82) is 0 Å². The summed E-state index contributed by atoms with van der Waals surface area (Å²) in [6, 6.07) is 1.92. The van der Waals surface area contributed by atoms with Gasteiger partial charge in [-0.05, 0) is 25.3 Å². The zero-order valence-corrected chi connectivity index (χ0v) is 6.09. The minimum absolute atomic E-state index is 0.00935. The third-order valence-corrected chi connectivity index (χ3v) is 2.82. The molecule has 2 aliphatic carbocycles. The second-order valence-corrected chi connectivity index (χ2v) is 3.56. The molecule has 1 heterocycles. The van der Waals surface area contributed by atoms with Crippen LogP contribution in [0.1, 0.15) is 29.0 Å². The Labute approximate surface area is 64.2 Å². The van der Waals surface area contributed by atoms with Gasteiger partial charge in [-0.25, -0.2) is 0 Å². The van der Waals surface area contributed by atoms with Crippen LogP contribution in [0, 0.1) is 5.41 Å². The molecule has 2 heteroatoms. The van der Waals surface area contributed by atoms with Crippen LogP contribution in [-0.4, -0.2) is 5.78 Å². The molecular formula is C9H8O2. The fourth-order valence-electron chi connectivity index (χ4n) is 1.91.